The van der Waals surface area contributed by atoms with Crippen LogP contribution in [0.25, 0.3) is 11.0 Å². The van der Waals surface area contributed by atoms with E-state index in [1.54, 1.807) is 43.6 Å². The number of carbonyl (C=O) groups excluding carboxylic acids is 1. The molecule has 2 aromatic carbocycles. The second kappa shape index (κ2) is 9.25. The highest BCUT2D eigenvalue weighted by Crippen LogP contribution is 2.42. The number of amides is 1. The minimum absolute atomic E-state index is 0.0308. The molecule has 7 nitrogen and oxygen atoms in total. The molecule has 1 atom stereocenters. The zero-order valence-electron chi connectivity index (χ0n) is 19.9. The third kappa shape index (κ3) is 3.93. The van der Waals surface area contributed by atoms with Crippen LogP contribution in [0.15, 0.2) is 70.0 Å². The van der Waals surface area contributed by atoms with Gasteiger partial charge in [-0.25, -0.2) is 4.98 Å². The fraction of sp³-hybridized carbons (Fsp3) is 0.250. The predicted molar refractivity (Wildman–Crippen MR) is 134 cm³/mol. The Kier molecular flexibility index (Phi) is 5.99. The van der Waals surface area contributed by atoms with E-state index in [1.807, 2.05) is 31.2 Å². The smallest absolute Gasteiger partial charge is 0.296 e. The molecule has 2 aromatic heterocycles. The molecule has 5 rings (SSSR count). The van der Waals surface area contributed by atoms with Gasteiger partial charge in [0.25, 0.3) is 5.91 Å². The molecule has 1 unspecified atom stereocenters. The third-order valence-electron chi connectivity index (χ3n) is 6.18. The zero-order chi connectivity index (χ0) is 24.5. The van der Waals surface area contributed by atoms with Gasteiger partial charge in [-0.1, -0.05) is 37.6 Å². The maximum atomic E-state index is 13.7. The number of carbonyl (C=O) groups is 1. The number of rotatable bonds is 7. The number of pyridine rings is 1. The van der Waals surface area contributed by atoms with E-state index in [4.69, 9.17) is 13.9 Å². The lowest BCUT2D eigenvalue weighted by Crippen LogP contribution is -2.30. The lowest BCUT2D eigenvalue weighted by atomic mass is 9.98. The van der Waals surface area contributed by atoms with E-state index in [1.165, 1.54) is 4.90 Å². The minimum Gasteiger partial charge on any atom is -0.493 e. The quantitative estimate of drug-likeness (QED) is 0.335. The molecule has 0 N–H and O–H groups in total. The number of anilines is 1. The Morgan fingerprint density at radius 1 is 1.06 bits per heavy atom. The summed E-state index contributed by atoms with van der Waals surface area (Å²) in [6.07, 6.45) is 3.64. The Morgan fingerprint density at radius 2 is 1.89 bits per heavy atom. The van der Waals surface area contributed by atoms with Crippen LogP contribution in [0.1, 0.15) is 53.1 Å². The number of unbranched alkanes of at least 4 members (excludes halogenated alkanes) is 1. The Bertz CT molecular complexity index is 1460. The van der Waals surface area contributed by atoms with Crippen molar-refractivity contribution in [2.24, 2.45) is 0 Å². The molecule has 0 fully saturated rings. The van der Waals surface area contributed by atoms with Crippen molar-refractivity contribution in [1.29, 1.82) is 0 Å². The normalized spacial score (nSPS) is 14.9. The van der Waals surface area contributed by atoms with Gasteiger partial charge in [0.1, 0.15) is 11.4 Å². The monoisotopic (exact) mass is 470 g/mol. The number of fused-ring (bicyclic) bond motifs is 2. The van der Waals surface area contributed by atoms with Crippen LogP contribution in [-0.2, 0) is 0 Å². The first kappa shape index (κ1) is 22.7. The van der Waals surface area contributed by atoms with Crippen molar-refractivity contribution in [2.45, 2.75) is 32.7 Å². The van der Waals surface area contributed by atoms with Gasteiger partial charge in [0, 0.05) is 6.20 Å². The number of hydrogen-bond acceptors (Lipinski definition) is 6. The highest BCUT2D eigenvalue weighted by atomic mass is 16.5. The van der Waals surface area contributed by atoms with Gasteiger partial charge in [0.05, 0.1) is 30.7 Å². The summed E-state index contributed by atoms with van der Waals surface area (Å²) < 4.78 is 17.5. The summed E-state index contributed by atoms with van der Waals surface area (Å²) >= 11 is 0. The topological polar surface area (TPSA) is 81.9 Å². The molecule has 0 bridgehead atoms. The average molecular weight is 471 g/mol. The lowest BCUT2D eigenvalue weighted by molar-refractivity contribution is 0.0970. The number of aryl methyl sites for hydroxylation is 1. The van der Waals surface area contributed by atoms with Crippen LogP contribution in [0.4, 0.5) is 5.82 Å². The molecule has 0 radical (unpaired) electrons. The molecular weight excluding hydrogens is 444 g/mol. The molecule has 1 aliphatic heterocycles. The Balaban J connectivity index is 1.70. The van der Waals surface area contributed by atoms with E-state index in [9.17, 15) is 9.59 Å². The van der Waals surface area contributed by atoms with Crippen LogP contribution < -0.4 is 19.8 Å². The number of nitrogens with zero attached hydrogens (tertiary/aromatic N) is 2. The van der Waals surface area contributed by atoms with E-state index in [-0.39, 0.29) is 16.8 Å². The summed E-state index contributed by atoms with van der Waals surface area (Å²) in [6, 6.07) is 15.4. The molecule has 178 valence electrons. The first-order chi connectivity index (χ1) is 17.0. The van der Waals surface area contributed by atoms with E-state index in [0.29, 0.717) is 40.5 Å². The zero-order valence-corrected chi connectivity index (χ0v) is 19.9. The number of benzene rings is 2. The molecule has 3 heterocycles. The van der Waals surface area contributed by atoms with Gasteiger partial charge in [0.2, 0.25) is 5.76 Å². The second-order valence-electron chi connectivity index (χ2n) is 8.55. The first-order valence-electron chi connectivity index (χ1n) is 11.7. The maximum Gasteiger partial charge on any atom is 0.296 e. The van der Waals surface area contributed by atoms with Gasteiger partial charge >= 0.3 is 0 Å². The minimum atomic E-state index is -0.729. The number of para-hydroxylation sites is 1. The van der Waals surface area contributed by atoms with Crippen LogP contribution in [0, 0.1) is 6.92 Å². The maximum absolute atomic E-state index is 13.7. The molecular formula is C28H26N2O5. The van der Waals surface area contributed by atoms with E-state index in [0.717, 1.165) is 18.4 Å². The average Bonchev–Trinajstić information content (AvgIpc) is 3.17. The van der Waals surface area contributed by atoms with Crippen LogP contribution in [0.3, 0.4) is 0 Å². The fourth-order valence-corrected chi connectivity index (χ4v) is 4.37. The van der Waals surface area contributed by atoms with Crippen molar-refractivity contribution in [1.82, 2.24) is 4.98 Å². The lowest BCUT2D eigenvalue weighted by Gasteiger charge is -2.25. The van der Waals surface area contributed by atoms with Gasteiger partial charge in [0.15, 0.2) is 16.9 Å². The van der Waals surface area contributed by atoms with E-state index < -0.39 is 11.9 Å². The van der Waals surface area contributed by atoms with Crippen molar-refractivity contribution in [2.75, 3.05) is 18.6 Å². The van der Waals surface area contributed by atoms with Crippen molar-refractivity contribution in [3.05, 3.63) is 93.5 Å². The van der Waals surface area contributed by atoms with E-state index >= 15 is 0 Å². The Labute approximate surface area is 202 Å². The highest BCUT2D eigenvalue weighted by Gasteiger charge is 2.44. The molecule has 0 saturated heterocycles. The summed E-state index contributed by atoms with van der Waals surface area (Å²) in [4.78, 5) is 33.3. The molecule has 1 aliphatic rings. The van der Waals surface area contributed by atoms with Gasteiger partial charge in [-0.15, -0.1) is 0 Å². The van der Waals surface area contributed by atoms with Gasteiger partial charge < -0.3 is 13.9 Å². The molecule has 0 aliphatic carbocycles. The van der Waals surface area contributed by atoms with Crippen LogP contribution in [0.2, 0.25) is 0 Å². The van der Waals surface area contributed by atoms with Crippen LogP contribution >= 0.6 is 0 Å². The number of aromatic nitrogens is 1. The third-order valence-corrected chi connectivity index (χ3v) is 6.18. The number of methoxy groups -OCH3 is 1. The number of ether oxygens (including phenoxy) is 2. The molecule has 4 aromatic rings. The van der Waals surface area contributed by atoms with Gasteiger partial charge in [-0.3, -0.25) is 14.5 Å². The first-order valence-corrected chi connectivity index (χ1v) is 11.7. The van der Waals surface area contributed by atoms with Gasteiger partial charge in [-0.05, 0) is 54.8 Å². The second-order valence-corrected chi connectivity index (χ2v) is 8.55. The Hall–Kier alpha value is -4.13. The molecule has 35 heavy (non-hydrogen) atoms. The largest absolute Gasteiger partial charge is 0.493 e. The standard InChI is InChI=1S/C28H26N2O5/c1-4-5-14-34-21-12-11-18(15-22(21)33-3)25-24-26(31)19-8-6-7-9-20(19)35-27(24)28(32)30(25)23-13-10-17(2)16-29-23/h6-13,15-16,25H,4-5,14H2,1-3H3. The summed E-state index contributed by atoms with van der Waals surface area (Å²) in [6.45, 7) is 4.60. The summed E-state index contributed by atoms with van der Waals surface area (Å²) in [5.41, 5.74) is 2.08. The predicted octanol–water partition coefficient (Wildman–Crippen LogP) is 5.43. The van der Waals surface area contributed by atoms with Crippen molar-refractivity contribution < 1.29 is 18.7 Å². The van der Waals surface area contributed by atoms with Crippen molar-refractivity contribution >= 4 is 22.7 Å². The molecule has 0 saturated carbocycles. The molecule has 1 amide bonds. The van der Waals surface area contributed by atoms with Gasteiger partial charge in [-0.2, -0.15) is 0 Å². The molecule has 0 spiro atoms. The van der Waals surface area contributed by atoms with Crippen LogP contribution in [-0.4, -0.2) is 24.6 Å². The number of hydrogen-bond donors (Lipinski definition) is 0. The highest BCUT2D eigenvalue weighted by molar-refractivity contribution is 6.10. The molecule has 7 heteroatoms. The van der Waals surface area contributed by atoms with Crippen molar-refractivity contribution in [3.63, 3.8) is 0 Å². The Morgan fingerprint density at radius 3 is 2.63 bits per heavy atom. The van der Waals surface area contributed by atoms with E-state index in [2.05, 4.69) is 11.9 Å². The SMILES string of the molecule is CCCCOc1ccc(C2c3c(oc4ccccc4c3=O)C(=O)N2c2ccc(C)cn2)cc1OC. The van der Waals surface area contributed by atoms with Crippen LogP contribution in [0.5, 0.6) is 11.5 Å². The fourth-order valence-electron chi connectivity index (χ4n) is 4.37. The summed E-state index contributed by atoms with van der Waals surface area (Å²) in [7, 11) is 1.57. The summed E-state index contributed by atoms with van der Waals surface area (Å²) in [5, 5.41) is 0.425. The van der Waals surface area contributed by atoms with Crippen molar-refractivity contribution in [3.8, 4) is 11.5 Å². The summed E-state index contributed by atoms with van der Waals surface area (Å²) in [5.74, 6) is 1.19.